The second-order valence-corrected chi connectivity index (χ2v) is 7.43. The van der Waals surface area contributed by atoms with Gasteiger partial charge in [0.15, 0.2) is 11.2 Å². The maximum absolute atomic E-state index is 13.2. The molecule has 0 spiro atoms. The molecule has 0 fully saturated rings. The Kier molecular flexibility index (Phi) is 6.87. The topological polar surface area (TPSA) is 82.1 Å². The molecule has 0 atom stereocenters. The number of unbranched alkanes of at least 4 members (excludes halogenated alkanes) is 2. The van der Waals surface area contributed by atoms with Crippen LogP contribution in [0.4, 0.5) is 5.69 Å². The smallest absolute Gasteiger partial charge is 0.325 e. The van der Waals surface area contributed by atoms with Crippen LogP contribution in [0.5, 0.6) is 0 Å². The van der Waals surface area contributed by atoms with Crippen molar-refractivity contribution in [2.45, 2.75) is 59.2 Å². The molecular formula is C22H29N5O3. The number of hydrogen-bond donors (Lipinski definition) is 0. The molecule has 2 aromatic heterocycles. The van der Waals surface area contributed by atoms with E-state index >= 15 is 0 Å². The molecular weight excluding hydrogens is 382 g/mol. The number of anilines is 1. The minimum Gasteiger partial charge on any atom is -0.325 e. The monoisotopic (exact) mass is 411 g/mol. The van der Waals surface area contributed by atoms with Gasteiger partial charge in [0.25, 0.3) is 5.56 Å². The number of aromatic nitrogens is 4. The zero-order valence-corrected chi connectivity index (χ0v) is 17.9. The van der Waals surface area contributed by atoms with Gasteiger partial charge < -0.3 is 9.47 Å². The van der Waals surface area contributed by atoms with Gasteiger partial charge in [-0.2, -0.15) is 0 Å². The van der Waals surface area contributed by atoms with Crippen molar-refractivity contribution in [2.24, 2.45) is 0 Å². The van der Waals surface area contributed by atoms with Crippen molar-refractivity contribution >= 4 is 22.8 Å². The highest BCUT2D eigenvalue weighted by Crippen LogP contribution is 2.12. The summed E-state index contributed by atoms with van der Waals surface area (Å²) in [6, 6.07) is 9.15. The van der Waals surface area contributed by atoms with Gasteiger partial charge in [-0.05, 0) is 25.0 Å². The summed E-state index contributed by atoms with van der Waals surface area (Å²) < 4.78 is 4.37. The molecule has 8 nitrogen and oxygen atoms in total. The average molecular weight is 412 g/mol. The summed E-state index contributed by atoms with van der Waals surface area (Å²) in [7, 11) is 1.64. The summed E-state index contributed by atoms with van der Waals surface area (Å²) in [4.78, 5) is 45.1. The molecule has 8 heteroatoms. The van der Waals surface area contributed by atoms with Gasteiger partial charge in [0.05, 0.1) is 6.33 Å². The first-order valence-corrected chi connectivity index (χ1v) is 10.5. The number of nitrogens with zero attached hydrogens (tertiary/aromatic N) is 5. The van der Waals surface area contributed by atoms with Crippen LogP contribution < -0.4 is 16.1 Å². The summed E-state index contributed by atoms with van der Waals surface area (Å²) in [5.74, 6) is -0.332. The summed E-state index contributed by atoms with van der Waals surface area (Å²) in [5.41, 5.74) is 0.530. The van der Waals surface area contributed by atoms with E-state index in [1.807, 2.05) is 37.3 Å². The van der Waals surface area contributed by atoms with E-state index in [0.717, 1.165) is 30.3 Å². The number of amides is 1. The molecule has 0 bridgehead atoms. The SMILES string of the molecule is CCCCn1cnc2c1c(=O)n(CC(=O)N(C)c1ccccc1)c(=O)n2CCCC. The van der Waals surface area contributed by atoms with E-state index in [1.54, 1.807) is 17.9 Å². The van der Waals surface area contributed by atoms with Gasteiger partial charge in [0.2, 0.25) is 5.91 Å². The van der Waals surface area contributed by atoms with Gasteiger partial charge >= 0.3 is 5.69 Å². The van der Waals surface area contributed by atoms with Crippen molar-refractivity contribution in [3.05, 3.63) is 57.5 Å². The Morgan fingerprint density at radius 2 is 1.67 bits per heavy atom. The minimum absolute atomic E-state index is 0.315. The second kappa shape index (κ2) is 9.56. The first-order chi connectivity index (χ1) is 14.5. The lowest BCUT2D eigenvalue weighted by Gasteiger charge is -2.18. The van der Waals surface area contributed by atoms with E-state index < -0.39 is 11.2 Å². The Morgan fingerprint density at radius 1 is 1.00 bits per heavy atom. The van der Waals surface area contributed by atoms with Crippen LogP contribution in [0.2, 0.25) is 0 Å². The first-order valence-electron chi connectivity index (χ1n) is 10.5. The van der Waals surface area contributed by atoms with E-state index in [-0.39, 0.29) is 12.5 Å². The molecule has 0 aliphatic heterocycles. The van der Waals surface area contributed by atoms with Crippen molar-refractivity contribution in [1.29, 1.82) is 0 Å². The standard InChI is InChI=1S/C22H29N5O3/c1-4-6-13-25-16-23-20-19(25)21(29)27(22(30)26(20)14-7-5-2)15-18(28)24(3)17-11-9-8-10-12-17/h8-12,16H,4-7,13-15H2,1-3H3. The Bertz CT molecular complexity index is 1130. The Hall–Kier alpha value is -3.16. The van der Waals surface area contributed by atoms with Gasteiger partial charge in [-0.1, -0.05) is 44.9 Å². The third kappa shape index (κ3) is 4.22. The van der Waals surface area contributed by atoms with Crippen LogP contribution in [0, 0.1) is 0 Å². The molecule has 3 aromatic rings. The molecule has 1 aromatic carbocycles. The highest BCUT2D eigenvalue weighted by molar-refractivity contribution is 5.92. The lowest BCUT2D eigenvalue weighted by Crippen LogP contribution is -2.44. The summed E-state index contributed by atoms with van der Waals surface area (Å²) in [5, 5.41) is 0. The van der Waals surface area contributed by atoms with Crippen molar-refractivity contribution in [3.63, 3.8) is 0 Å². The highest BCUT2D eigenvalue weighted by Gasteiger charge is 2.21. The number of carbonyl (C=O) groups is 1. The fourth-order valence-corrected chi connectivity index (χ4v) is 3.43. The lowest BCUT2D eigenvalue weighted by atomic mass is 10.3. The van der Waals surface area contributed by atoms with Crippen LogP contribution in [0.15, 0.2) is 46.2 Å². The average Bonchev–Trinajstić information content (AvgIpc) is 3.19. The number of rotatable bonds is 9. The van der Waals surface area contributed by atoms with E-state index in [4.69, 9.17) is 0 Å². The van der Waals surface area contributed by atoms with Crippen LogP contribution in [0.25, 0.3) is 11.2 Å². The third-order valence-corrected chi connectivity index (χ3v) is 5.28. The molecule has 160 valence electrons. The largest absolute Gasteiger partial charge is 0.333 e. The zero-order valence-electron chi connectivity index (χ0n) is 17.9. The lowest BCUT2D eigenvalue weighted by molar-refractivity contribution is -0.119. The molecule has 0 aliphatic rings. The van der Waals surface area contributed by atoms with Crippen LogP contribution >= 0.6 is 0 Å². The molecule has 0 radical (unpaired) electrons. The predicted octanol–water partition coefficient (Wildman–Crippen LogP) is 2.62. The maximum Gasteiger partial charge on any atom is 0.333 e. The fourth-order valence-electron chi connectivity index (χ4n) is 3.43. The van der Waals surface area contributed by atoms with Gasteiger partial charge in [-0.25, -0.2) is 14.3 Å². The van der Waals surface area contributed by atoms with Crippen molar-refractivity contribution in [1.82, 2.24) is 18.7 Å². The minimum atomic E-state index is -0.489. The number of aryl methyl sites for hydroxylation is 2. The van der Waals surface area contributed by atoms with Gasteiger partial charge in [0, 0.05) is 25.8 Å². The number of para-hydroxylation sites is 1. The normalized spacial score (nSPS) is 11.2. The number of benzene rings is 1. The number of likely N-dealkylation sites (N-methyl/N-ethyl adjacent to an activating group) is 1. The first kappa shape index (κ1) is 21.5. The maximum atomic E-state index is 13.2. The molecule has 0 saturated carbocycles. The third-order valence-electron chi connectivity index (χ3n) is 5.28. The number of hydrogen-bond acceptors (Lipinski definition) is 4. The van der Waals surface area contributed by atoms with E-state index in [1.165, 1.54) is 9.47 Å². The van der Waals surface area contributed by atoms with Gasteiger partial charge in [-0.3, -0.25) is 14.2 Å². The number of fused-ring (bicyclic) bond motifs is 1. The zero-order chi connectivity index (χ0) is 21.7. The highest BCUT2D eigenvalue weighted by atomic mass is 16.2. The van der Waals surface area contributed by atoms with Crippen molar-refractivity contribution in [2.75, 3.05) is 11.9 Å². The molecule has 1 amide bonds. The van der Waals surface area contributed by atoms with Gasteiger partial charge in [0.1, 0.15) is 6.54 Å². The fraction of sp³-hybridized carbons (Fsp3) is 0.455. The predicted molar refractivity (Wildman–Crippen MR) is 118 cm³/mol. The summed E-state index contributed by atoms with van der Waals surface area (Å²) in [6.07, 6.45) is 5.18. The Morgan fingerprint density at radius 3 is 2.33 bits per heavy atom. The quantitative estimate of drug-likeness (QED) is 0.542. The Labute approximate surface area is 175 Å². The molecule has 2 heterocycles. The van der Waals surface area contributed by atoms with Crippen molar-refractivity contribution < 1.29 is 4.79 Å². The van der Waals surface area contributed by atoms with E-state index in [9.17, 15) is 14.4 Å². The van der Waals surface area contributed by atoms with Crippen LogP contribution in [0.1, 0.15) is 39.5 Å². The molecule has 30 heavy (non-hydrogen) atoms. The molecule has 0 saturated heterocycles. The number of carbonyl (C=O) groups excluding carboxylic acids is 1. The van der Waals surface area contributed by atoms with Crippen molar-refractivity contribution in [3.8, 4) is 0 Å². The molecule has 3 rings (SSSR count). The summed E-state index contributed by atoms with van der Waals surface area (Å²) in [6.45, 7) is 4.90. The number of imidazole rings is 1. The van der Waals surface area contributed by atoms with Gasteiger partial charge in [-0.15, -0.1) is 0 Å². The molecule has 0 aliphatic carbocycles. The Balaban J connectivity index is 2.07. The summed E-state index contributed by atoms with van der Waals surface area (Å²) >= 11 is 0. The molecule has 0 unspecified atom stereocenters. The second-order valence-electron chi connectivity index (χ2n) is 7.43. The van der Waals surface area contributed by atoms with Crippen LogP contribution in [-0.4, -0.2) is 31.6 Å². The molecule has 0 N–H and O–H groups in total. The van der Waals surface area contributed by atoms with Crippen LogP contribution in [-0.2, 0) is 24.4 Å². The van der Waals surface area contributed by atoms with E-state index in [0.29, 0.717) is 29.9 Å². The van der Waals surface area contributed by atoms with Crippen LogP contribution in [0.3, 0.4) is 0 Å². The van der Waals surface area contributed by atoms with E-state index in [2.05, 4.69) is 11.9 Å².